The van der Waals surface area contributed by atoms with E-state index in [1.807, 2.05) is 12.3 Å². The molecule has 2 aliphatic rings. The standard InChI is InChI=1S/C18H22BrN5O2S/c19-15-3-5-16(6-4-15)27(25,26)24-10-8-23(9-11-24)18-12-17(21-22-18)14-2-1-7-20-13-14/h1-7,13,17-18,21-22H,8-12H2. The minimum Gasteiger partial charge on any atom is -0.284 e. The molecule has 0 amide bonds. The molecule has 3 heterocycles. The van der Waals surface area contributed by atoms with E-state index in [0.717, 1.165) is 16.5 Å². The van der Waals surface area contributed by atoms with Crippen molar-refractivity contribution >= 4 is 26.0 Å². The third kappa shape index (κ3) is 4.08. The topological polar surface area (TPSA) is 77.6 Å². The number of hydrogen-bond acceptors (Lipinski definition) is 6. The Morgan fingerprint density at radius 2 is 1.78 bits per heavy atom. The molecule has 1 aromatic carbocycles. The number of piperazine rings is 1. The first-order valence-corrected chi connectivity index (χ1v) is 11.2. The zero-order valence-electron chi connectivity index (χ0n) is 14.8. The Morgan fingerprint density at radius 3 is 2.44 bits per heavy atom. The first kappa shape index (κ1) is 19.0. The zero-order chi connectivity index (χ0) is 18.9. The lowest BCUT2D eigenvalue weighted by molar-refractivity contribution is 0.123. The van der Waals surface area contributed by atoms with E-state index in [-0.39, 0.29) is 12.2 Å². The summed E-state index contributed by atoms with van der Waals surface area (Å²) in [6, 6.07) is 11.0. The predicted octanol–water partition coefficient (Wildman–Crippen LogP) is 1.72. The van der Waals surface area contributed by atoms with Crippen molar-refractivity contribution in [3.8, 4) is 0 Å². The molecule has 2 atom stereocenters. The second-order valence-electron chi connectivity index (χ2n) is 6.77. The quantitative estimate of drug-likeness (QED) is 0.736. The number of aromatic nitrogens is 1. The van der Waals surface area contributed by atoms with Gasteiger partial charge in [-0.25, -0.2) is 19.3 Å². The lowest BCUT2D eigenvalue weighted by atomic mass is 10.1. The Balaban J connectivity index is 1.36. The molecule has 2 fully saturated rings. The summed E-state index contributed by atoms with van der Waals surface area (Å²) in [4.78, 5) is 6.83. The lowest BCUT2D eigenvalue weighted by Crippen LogP contribution is -2.55. The Morgan fingerprint density at radius 1 is 1.04 bits per heavy atom. The number of nitrogens with zero attached hydrogens (tertiary/aromatic N) is 3. The molecule has 2 unspecified atom stereocenters. The fourth-order valence-corrected chi connectivity index (χ4v) is 5.28. The number of halogens is 1. The highest BCUT2D eigenvalue weighted by atomic mass is 79.9. The van der Waals surface area contributed by atoms with Crippen LogP contribution in [0.25, 0.3) is 0 Å². The van der Waals surface area contributed by atoms with Crippen molar-refractivity contribution in [3.05, 3.63) is 58.8 Å². The van der Waals surface area contributed by atoms with E-state index in [0.29, 0.717) is 31.1 Å². The van der Waals surface area contributed by atoms with Crippen LogP contribution in [-0.2, 0) is 10.0 Å². The van der Waals surface area contributed by atoms with Gasteiger partial charge in [0.2, 0.25) is 10.0 Å². The van der Waals surface area contributed by atoms with E-state index in [2.05, 4.69) is 42.7 Å². The van der Waals surface area contributed by atoms with Crippen LogP contribution in [-0.4, -0.2) is 55.0 Å². The summed E-state index contributed by atoms with van der Waals surface area (Å²) in [5.74, 6) is 0. The minimum absolute atomic E-state index is 0.188. The molecule has 144 valence electrons. The van der Waals surface area contributed by atoms with Gasteiger partial charge in [-0.3, -0.25) is 9.88 Å². The molecule has 9 heteroatoms. The monoisotopic (exact) mass is 451 g/mol. The Labute approximate surface area is 167 Å². The van der Waals surface area contributed by atoms with Crippen LogP contribution in [0, 0.1) is 0 Å². The van der Waals surface area contributed by atoms with Crippen molar-refractivity contribution < 1.29 is 8.42 Å². The summed E-state index contributed by atoms with van der Waals surface area (Å²) in [6.45, 7) is 2.39. The molecule has 1 aromatic heterocycles. The van der Waals surface area contributed by atoms with Gasteiger partial charge in [-0.1, -0.05) is 22.0 Å². The van der Waals surface area contributed by atoms with Gasteiger partial charge in [-0.2, -0.15) is 4.31 Å². The van der Waals surface area contributed by atoms with Crippen LogP contribution >= 0.6 is 15.9 Å². The molecule has 2 N–H and O–H groups in total. The normalized spacial score (nSPS) is 24.9. The van der Waals surface area contributed by atoms with E-state index in [1.165, 1.54) is 0 Å². The largest absolute Gasteiger partial charge is 0.284 e. The van der Waals surface area contributed by atoms with Gasteiger partial charge in [0.1, 0.15) is 0 Å². The zero-order valence-corrected chi connectivity index (χ0v) is 17.2. The molecule has 0 bridgehead atoms. The molecule has 2 saturated heterocycles. The first-order chi connectivity index (χ1) is 13.0. The Kier molecular flexibility index (Phi) is 5.58. The van der Waals surface area contributed by atoms with Crippen molar-refractivity contribution in [3.63, 3.8) is 0 Å². The molecule has 0 saturated carbocycles. The minimum atomic E-state index is -3.44. The fourth-order valence-electron chi connectivity index (χ4n) is 3.59. The molecular formula is C18H22BrN5O2S. The number of nitrogens with one attached hydrogen (secondary N) is 2. The van der Waals surface area contributed by atoms with Gasteiger partial charge in [-0.05, 0) is 42.3 Å². The summed E-state index contributed by atoms with van der Waals surface area (Å²) in [5, 5.41) is 0. The van der Waals surface area contributed by atoms with Gasteiger partial charge < -0.3 is 0 Å². The average molecular weight is 452 g/mol. The summed E-state index contributed by atoms with van der Waals surface area (Å²) < 4.78 is 28.1. The van der Waals surface area contributed by atoms with Crippen LogP contribution < -0.4 is 10.9 Å². The summed E-state index contributed by atoms with van der Waals surface area (Å²) in [6.07, 6.45) is 4.76. The van der Waals surface area contributed by atoms with Gasteiger partial charge in [0.05, 0.1) is 17.1 Å². The Bertz CT molecular complexity index is 870. The van der Waals surface area contributed by atoms with Crippen LogP contribution in [0.15, 0.2) is 58.2 Å². The summed E-state index contributed by atoms with van der Waals surface area (Å²) >= 11 is 3.34. The number of pyridine rings is 1. The summed E-state index contributed by atoms with van der Waals surface area (Å²) in [7, 11) is -3.44. The molecule has 7 nitrogen and oxygen atoms in total. The molecule has 4 rings (SSSR count). The predicted molar refractivity (Wildman–Crippen MR) is 106 cm³/mol. The first-order valence-electron chi connectivity index (χ1n) is 8.95. The number of benzene rings is 1. The second kappa shape index (κ2) is 7.94. The highest BCUT2D eigenvalue weighted by Gasteiger charge is 2.34. The third-order valence-corrected chi connectivity index (χ3v) is 7.58. The van der Waals surface area contributed by atoms with Gasteiger partial charge in [0.25, 0.3) is 0 Å². The fraction of sp³-hybridized carbons (Fsp3) is 0.389. The maximum absolute atomic E-state index is 12.8. The molecule has 0 radical (unpaired) electrons. The summed E-state index contributed by atoms with van der Waals surface area (Å²) in [5.41, 5.74) is 7.82. The van der Waals surface area contributed by atoms with Crippen LogP contribution in [0.3, 0.4) is 0 Å². The maximum Gasteiger partial charge on any atom is 0.243 e. The van der Waals surface area contributed by atoms with E-state index in [1.54, 1.807) is 34.8 Å². The highest BCUT2D eigenvalue weighted by molar-refractivity contribution is 9.10. The third-order valence-electron chi connectivity index (χ3n) is 5.14. The van der Waals surface area contributed by atoms with E-state index >= 15 is 0 Å². The van der Waals surface area contributed by atoms with Crippen molar-refractivity contribution in [2.75, 3.05) is 26.2 Å². The lowest BCUT2D eigenvalue weighted by Gasteiger charge is -2.37. The molecule has 0 spiro atoms. The van der Waals surface area contributed by atoms with Gasteiger partial charge in [0, 0.05) is 43.0 Å². The number of rotatable bonds is 4. The van der Waals surface area contributed by atoms with Crippen LogP contribution in [0.1, 0.15) is 18.0 Å². The van der Waals surface area contributed by atoms with Crippen molar-refractivity contribution in [2.24, 2.45) is 0 Å². The molecule has 2 aromatic rings. The highest BCUT2D eigenvalue weighted by Crippen LogP contribution is 2.25. The number of hydrogen-bond donors (Lipinski definition) is 2. The Hall–Kier alpha value is -1.36. The van der Waals surface area contributed by atoms with Crippen LogP contribution in [0.4, 0.5) is 0 Å². The van der Waals surface area contributed by atoms with Crippen molar-refractivity contribution in [2.45, 2.75) is 23.5 Å². The molecule has 27 heavy (non-hydrogen) atoms. The van der Waals surface area contributed by atoms with E-state index in [4.69, 9.17) is 0 Å². The SMILES string of the molecule is O=S(=O)(c1ccc(Br)cc1)N1CCN(C2CC(c3cccnc3)NN2)CC1. The maximum atomic E-state index is 12.8. The van der Waals surface area contributed by atoms with Gasteiger partial charge in [-0.15, -0.1) is 0 Å². The van der Waals surface area contributed by atoms with Crippen LogP contribution in [0.5, 0.6) is 0 Å². The molecule has 2 aliphatic heterocycles. The molecule has 0 aliphatic carbocycles. The van der Waals surface area contributed by atoms with Gasteiger partial charge >= 0.3 is 0 Å². The van der Waals surface area contributed by atoms with Crippen molar-refractivity contribution in [1.29, 1.82) is 0 Å². The van der Waals surface area contributed by atoms with Crippen LogP contribution in [0.2, 0.25) is 0 Å². The van der Waals surface area contributed by atoms with E-state index < -0.39 is 10.0 Å². The number of sulfonamides is 1. The molecular weight excluding hydrogens is 430 g/mol. The smallest absolute Gasteiger partial charge is 0.243 e. The average Bonchev–Trinajstić information content (AvgIpc) is 3.19. The number of hydrazine groups is 1. The van der Waals surface area contributed by atoms with E-state index in [9.17, 15) is 8.42 Å². The second-order valence-corrected chi connectivity index (χ2v) is 9.63. The van der Waals surface area contributed by atoms with Crippen molar-refractivity contribution in [1.82, 2.24) is 25.0 Å². The van der Waals surface area contributed by atoms with Gasteiger partial charge in [0.15, 0.2) is 0 Å².